The van der Waals surface area contributed by atoms with Crippen LogP contribution < -0.4 is 5.56 Å². The van der Waals surface area contributed by atoms with Crippen molar-refractivity contribution in [3.05, 3.63) is 39.9 Å². The molecule has 0 spiro atoms. The van der Waals surface area contributed by atoms with Crippen LogP contribution in [0.1, 0.15) is 70.8 Å². The molecule has 7 nitrogen and oxygen atoms in total. The lowest BCUT2D eigenvalue weighted by Crippen LogP contribution is -2.37. The van der Waals surface area contributed by atoms with E-state index in [9.17, 15) is 4.79 Å². The SMILES string of the molecule is CC(C)c1noc(CN2CCCC2Cn2nc(C(C)(C)C)ccc2=O)n1. The molecule has 1 saturated heterocycles. The molecule has 142 valence electrons. The molecule has 0 saturated carbocycles. The molecule has 3 rings (SSSR count). The fourth-order valence-electron chi connectivity index (χ4n) is 3.23. The van der Waals surface area contributed by atoms with Gasteiger partial charge in [-0.25, -0.2) is 4.68 Å². The average Bonchev–Trinajstić information content (AvgIpc) is 3.19. The van der Waals surface area contributed by atoms with E-state index in [1.165, 1.54) is 0 Å². The largest absolute Gasteiger partial charge is 0.338 e. The second-order valence-electron chi connectivity index (χ2n) is 8.46. The second kappa shape index (κ2) is 7.31. The summed E-state index contributed by atoms with van der Waals surface area (Å²) in [6.07, 6.45) is 2.14. The molecule has 1 aliphatic heterocycles. The Bertz CT molecular complexity index is 803. The van der Waals surface area contributed by atoms with Crippen molar-refractivity contribution in [3.8, 4) is 0 Å². The van der Waals surface area contributed by atoms with Gasteiger partial charge in [0, 0.05) is 23.4 Å². The molecule has 26 heavy (non-hydrogen) atoms. The van der Waals surface area contributed by atoms with E-state index in [2.05, 4.69) is 40.9 Å². The lowest BCUT2D eigenvalue weighted by atomic mass is 9.92. The van der Waals surface area contributed by atoms with Gasteiger partial charge in [-0.2, -0.15) is 10.1 Å². The van der Waals surface area contributed by atoms with Crippen molar-refractivity contribution in [3.63, 3.8) is 0 Å². The lowest BCUT2D eigenvalue weighted by Gasteiger charge is -2.24. The van der Waals surface area contributed by atoms with Gasteiger partial charge in [-0.15, -0.1) is 0 Å². The topological polar surface area (TPSA) is 77.0 Å². The standard InChI is InChI=1S/C19H29N5O2/c1-13(2)18-20-16(26-22-18)12-23-10-6-7-14(23)11-24-17(25)9-8-15(21-24)19(3,4)5/h8-9,13-14H,6-7,10-12H2,1-5H3. The number of likely N-dealkylation sites (tertiary alicyclic amines) is 1. The van der Waals surface area contributed by atoms with Gasteiger partial charge in [0.1, 0.15) is 0 Å². The summed E-state index contributed by atoms with van der Waals surface area (Å²) in [7, 11) is 0. The molecule has 3 heterocycles. The normalized spacial score (nSPS) is 18.8. The van der Waals surface area contributed by atoms with Crippen LogP contribution in [0.5, 0.6) is 0 Å². The number of hydrogen-bond acceptors (Lipinski definition) is 6. The Labute approximate surface area is 154 Å². The Kier molecular flexibility index (Phi) is 5.27. The molecule has 0 amide bonds. The van der Waals surface area contributed by atoms with Gasteiger partial charge in [-0.3, -0.25) is 9.69 Å². The van der Waals surface area contributed by atoms with E-state index < -0.39 is 0 Å². The molecule has 1 fully saturated rings. The Morgan fingerprint density at radius 2 is 2.08 bits per heavy atom. The van der Waals surface area contributed by atoms with Crippen molar-refractivity contribution in [1.29, 1.82) is 0 Å². The van der Waals surface area contributed by atoms with E-state index in [1.54, 1.807) is 10.7 Å². The first-order valence-corrected chi connectivity index (χ1v) is 9.39. The zero-order valence-electron chi connectivity index (χ0n) is 16.4. The lowest BCUT2D eigenvalue weighted by molar-refractivity contribution is 0.189. The van der Waals surface area contributed by atoms with Crippen molar-refractivity contribution in [2.24, 2.45) is 0 Å². The van der Waals surface area contributed by atoms with E-state index in [-0.39, 0.29) is 22.9 Å². The molecule has 1 aliphatic rings. The summed E-state index contributed by atoms with van der Waals surface area (Å²) in [6.45, 7) is 12.6. The Balaban J connectivity index is 1.73. The van der Waals surface area contributed by atoms with E-state index in [1.807, 2.05) is 19.9 Å². The summed E-state index contributed by atoms with van der Waals surface area (Å²) in [6, 6.07) is 3.71. The molecule has 0 aliphatic carbocycles. The summed E-state index contributed by atoms with van der Waals surface area (Å²) < 4.78 is 7.00. The van der Waals surface area contributed by atoms with Crippen molar-refractivity contribution in [2.75, 3.05) is 6.54 Å². The van der Waals surface area contributed by atoms with Gasteiger partial charge in [-0.1, -0.05) is 39.8 Å². The van der Waals surface area contributed by atoms with Crippen LogP contribution in [0.3, 0.4) is 0 Å². The third-order valence-corrected chi connectivity index (χ3v) is 4.86. The van der Waals surface area contributed by atoms with Crippen LogP contribution in [0.25, 0.3) is 0 Å². The van der Waals surface area contributed by atoms with Crippen LogP contribution >= 0.6 is 0 Å². The van der Waals surface area contributed by atoms with E-state index in [4.69, 9.17) is 4.52 Å². The highest BCUT2D eigenvalue weighted by Gasteiger charge is 2.28. The molecular weight excluding hydrogens is 330 g/mol. The average molecular weight is 359 g/mol. The maximum Gasteiger partial charge on any atom is 0.266 e. The fourth-order valence-corrected chi connectivity index (χ4v) is 3.23. The smallest absolute Gasteiger partial charge is 0.266 e. The summed E-state index contributed by atoms with van der Waals surface area (Å²) >= 11 is 0. The van der Waals surface area contributed by atoms with Gasteiger partial charge in [0.2, 0.25) is 5.89 Å². The maximum atomic E-state index is 12.3. The van der Waals surface area contributed by atoms with E-state index in [0.717, 1.165) is 30.9 Å². The molecule has 2 aromatic heterocycles. The van der Waals surface area contributed by atoms with Gasteiger partial charge in [0.05, 0.1) is 18.8 Å². The summed E-state index contributed by atoms with van der Waals surface area (Å²) in [5.41, 5.74) is 0.798. The van der Waals surface area contributed by atoms with Crippen LogP contribution in [0, 0.1) is 0 Å². The number of nitrogens with zero attached hydrogens (tertiary/aromatic N) is 5. The highest BCUT2D eigenvalue weighted by Crippen LogP contribution is 2.22. The highest BCUT2D eigenvalue weighted by molar-refractivity contribution is 5.10. The summed E-state index contributed by atoms with van der Waals surface area (Å²) in [5, 5.41) is 8.64. The molecule has 0 aromatic carbocycles. The first-order valence-electron chi connectivity index (χ1n) is 9.39. The van der Waals surface area contributed by atoms with Crippen LogP contribution in [-0.4, -0.2) is 37.4 Å². The highest BCUT2D eigenvalue weighted by atomic mass is 16.5. The molecule has 0 N–H and O–H groups in total. The zero-order chi connectivity index (χ0) is 18.9. The van der Waals surface area contributed by atoms with Gasteiger partial charge in [0.25, 0.3) is 5.56 Å². The third-order valence-electron chi connectivity index (χ3n) is 4.86. The van der Waals surface area contributed by atoms with E-state index >= 15 is 0 Å². The summed E-state index contributed by atoms with van der Waals surface area (Å²) in [5.74, 6) is 1.64. The fraction of sp³-hybridized carbons (Fsp3) is 0.684. The van der Waals surface area contributed by atoms with E-state index in [0.29, 0.717) is 19.0 Å². The molecular formula is C19H29N5O2. The monoisotopic (exact) mass is 359 g/mol. The number of hydrogen-bond donors (Lipinski definition) is 0. The quantitative estimate of drug-likeness (QED) is 0.817. The van der Waals surface area contributed by atoms with Crippen LogP contribution in [-0.2, 0) is 18.5 Å². The molecule has 0 bridgehead atoms. The minimum Gasteiger partial charge on any atom is -0.338 e. The number of aromatic nitrogens is 4. The van der Waals surface area contributed by atoms with Gasteiger partial charge in [-0.05, 0) is 25.5 Å². The van der Waals surface area contributed by atoms with Crippen LogP contribution in [0.15, 0.2) is 21.5 Å². The first kappa shape index (κ1) is 18.8. The Morgan fingerprint density at radius 3 is 2.73 bits per heavy atom. The molecule has 1 unspecified atom stereocenters. The van der Waals surface area contributed by atoms with Crippen molar-refractivity contribution in [1.82, 2.24) is 24.8 Å². The summed E-state index contributed by atoms with van der Waals surface area (Å²) in [4.78, 5) is 19.1. The minimum absolute atomic E-state index is 0.0512. The van der Waals surface area contributed by atoms with Crippen LogP contribution in [0.2, 0.25) is 0 Å². The molecule has 2 aromatic rings. The molecule has 1 atom stereocenters. The molecule has 0 radical (unpaired) electrons. The third kappa shape index (κ3) is 4.20. The van der Waals surface area contributed by atoms with Gasteiger partial charge in [0.15, 0.2) is 5.82 Å². The minimum atomic E-state index is -0.0815. The van der Waals surface area contributed by atoms with Crippen molar-refractivity contribution >= 4 is 0 Å². The predicted octanol–water partition coefficient (Wildman–Crippen LogP) is 2.71. The van der Waals surface area contributed by atoms with Crippen molar-refractivity contribution in [2.45, 2.75) is 77.9 Å². The first-order chi connectivity index (χ1) is 12.2. The number of rotatable bonds is 5. The van der Waals surface area contributed by atoms with Gasteiger partial charge < -0.3 is 4.52 Å². The van der Waals surface area contributed by atoms with Crippen molar-refractivity contribution < 1.29 is 4.52 Å². The molecule has 7 heteroatoms. The Morgan fingerprint density at radius 1 is 1.31 bits per heavy atom. The van der Waals surface area contributed by atoms with Crippen LogP contribution in [0.4, 0.5) is 0 Å². The van der Waals surface area contributed by atoms with Gasteiger partial charge >= 0.3 is 0 Å². The Hall–Kier alpha value is -2.02. The maximum absolute atomic E-state index is 12.3. The predicted molar refractivity (Wildman–Crippen MR) is 99.0 cm³/mol. The second-order valence-corrected chi connectivity index (χ2v) is 8.46. The zero-order valence-corrected chi connectivity index (χ0v) is 16.4.